The highest BCUT2D eigenvalue weighted by molar-refractivity contribution is 5.95. The van der Waals surface area contributed by atoms with E-state index >= 15 is 0 Å². The number of nitro benzene ring substituents is 1. The second kappa shape index (κ2) is 6.56. The van der Waals surface area contributed by atoms with Crippen molar-refractivity contribution in [3.8, 4) is 0 Å². The molecule has 0 aromatic heterocycles. The molecule has 1 fully saturated rings. The van der Waals surface area contributed by atoms with Gasteiger partial charge in [-0.15, -0.1) is 0 Å². The van der Waals surface area contributed by atoms with Gasteiger partial charge in [-0.25, -0.2) is 0 Å². The number of nitrogens with zero attached hydrogens (tertiary/aromatic N) is 1. The highest BCUT2D eigenvalue weighted by atomic mass is 16.6. The van der Waals surface area contributed by atoms with Crippen LogP contribution in [0.15, 0.2) is 18.2 Å². The fraction of sp³-hybridized carbons (Fsp3) is 0.533. The Morgan fingerprint density at radius 3 is 2.76 bits per heavy atom. The van der Waals surface area contributed by atoms with E-state index in [1.807, 2.05) is 6.92 Å². The molecule has 1 aliphatic rings. The molecule has 114 valence electrons. The molecule has 1 aromatic rings. The molecule has 6 heteroatoms. The predicted molar refractivity (Wildman–Crippen MR) is 81.5 cm³/mol. The number of carbonyl (C=O) groups is 1. The van der Waals surface area contributed by atoms with E-state index in [2.05, 4.69) is 17.6 Å². The van der Waals surface area contributed by atoms with Crippen molar-refractivity contribution in [2.45, 2.75) is 39.2 Å². The summed E-state index contributed by atoms with van der Waals surface area (Å²) in [5, 5.41) is 17.0. The van der Waals surface area contributed by atoms with Crippen molar-refractivity contribution in [3.63, 3.8) is 0 Å². The Bertz CT molecular complexity index is 545. The Labute approximate surface area is 124 Å². The zero-order chi connectivity index (χ0) is 15.4. The zero-order valence-electron chi connectivity index (χ0n) is 12.4. The lowest BCUT2D eigenvalue weighted by Gasteiger charge is -2.13. The third-order valence-corrected chi connectivity index (χ3v) is 3.85. The summed E-state index contributed by atoms with van der Waals surface area (Å²) >= 11 is 0. The number of benzene rings is 1. The summed E-state index contributed by atoms with van der Waals surface area (Å²) in [5.41, 5.74) is 0.709. The molecule has 6 nitrogen and oxygen atoms in total. The molecule has 0 saturated heterocycles. The van der Waals surface area contributed by atoms with Crippen molar-refractivity contribution in [2.75, 3.05) is 11.9 Å². The molecule has 0 bridgehead atoms. The first-order chi connectivity index (χ1) is 10.0. The SMILES string of the molecule is CCNc1ccc(C(=O)NC2CCC(C)C2)cc1[N+](=O)[O-]. The van der Waals surface area contributed by atoms with E-state index in [1.165, 1.54) is 6.07 Å². The number of hydrogen-bond acceptors (Lipinski definition) is 4. The minimum absolute atomic E-state index is 0.0655. The van der Waals surface area contributed by atoms with Crippen LogP contribution < -0.4 is 10.6 Å². The van der Waals surface area contributed by atoms with Crippen molar-refractivity contribution >= 4 is 17.3 Å². The van der Waals surface area contributed by atoms with Gasteiger partial charge in [0.1, 0.15) is 5.69 Å². The van der Waals surface area contributed by atoms with E-state index < -0.39 is 4.92 Å². The van der Waals surface area contributed by atoms with Gasteiger partial charge in [0.25, 0.3) is 11.6 Å². The van der Waals surface area contributed by atoms with Gasteiger partial charge in [-0.3, -0.25) is 14.9 Å². The maximum Gasteiger partial charge on any atom is 0.293 e. The third-order valence-electron chi connectivity index (χ3n) is 3.85. The first kappa shape index (κ1) is 15.3. The average molecular weight is 291 g/mol. The summed E-state index contributed by atoms with van der Waals surface area (Å²) in [5.74, 6) is 0.390. The van der Waals surface area contributed by atoms with Gasteiger partial charge < -0.3 is 10.6 Å². The predicted octanol–water partition coefficient (Wildman–Crippen LogP) is 2.95. The van der Waals surface area contributed by atoms with E-state index in [0.717, 1.165) is 19.3 Å². The van der Waals surface area contributed by atoms with Crippen LogP contribution in [0.4, 0.5) is 11.4 Å². The van der Waals surface area contributed by atoms with Gasteiger partial charge in [0.05, 0.1) is 4.92 Å². The van der Waals surface area contributed by atoms with Crippen molar-refractivity contribution in [3.05, 3.63) is 33.9 Å². The van der Waals surface area contributed by atoms with Gasteiger partial charge in [0, 0.05) is 24.2 Å². The Hall–Kier alpha value is -2.11. The topological polar surface area (TPSA) is 84.3 Å². The van der Waals surface area contributed by atoms with Crippen LogP contribution in [-0.4, -0.2) is 23.4 Å². The molecule has 2 unspecified atom stereocenters. The molecule has 2 atom stereocenters. The lowest BCUT2D eigenvalue weighted by molar-refractivity contribution is -0.384. The van der Waals surface area contributed by atoms with Crippen molar-refractivity contribution in [2.24, 2.45) is 5.92 Å². The summed E-state index contributed by atoms with van der Waals surface area (Å²) in [6, 6.07) is 4.73. The van der Waals surface area contributed by atoms with Gasteiger partial charge in [-0.05, 0) is 44.2 Å². The first-order valence-corrected chi connectivity index (χ1v) is 7.34. The standard InChI is InChI=1S/C15H21N3O3/c1-3-16-13-7-5-11(9-14(13)18(20)21)15(19)17-12-6-4-10(2)8-12/h5,7,9-10,12,16H,3-4,6,8H2,1-2H3,(H,17,19). The Morgan fingerprint density at radius 2 is 2.19 bits per heavy atom. The van der Waals surface area contributed by atoms with Crippen LogP contribution in [0.25, 0.3) is 0 Å². The van der Waals surface area contributed by atoms with E-state index in [0.29, 0.717) is 23.7 Å². The second-order valence-electron chi connectivity index (χ2n) is 5.61. The van der Waals surface area contributed by atoms with Gasteiger partial charge in [0.15, 0.2) is 0 Å². The lowest BCUT2D eigenvalue weighted by Crippen LogP contribution is -2.32. The summed E-state index contributed by atoms with van der Waals surface area (Å²) < 4.78 is 0. The van der Waals surface area contributed by atoms with Gasteiger partial charge >= 0.3 is 0 Å². The van der Waals surface area contributed by atoms with E-state index in [9.17, 15) is 14.9 Å². The highest BCUT2D eigenvalue weighted by Crippen LogP contribution is 2.27. The maximum atomic E-state index is 12.2. The quantitative estimate of drug-likeness (QED) is 0.645. The van der Waals surface area contributed by atoms with Crippen LogP contribution in [0, 0.1) is 16.0 Å². The fourth-order valence-corrected chi connectivity index (χ4v) is 2.77. The molecule has 0 heterocycles. The number of hydrogen-bond donors (Lipinski definition) is 2. The van der Waals surface area contributed by atoms with Crippen LogP contribution in [0.3, 0.4) is 0 Å². The molecule has 1 saturated carbocycles. The molecule has 2 N–H and O–H groups in total. The highest BCUT2D eigenvalue weighted by Gasteiger charge is 2.24. The normalized spacial score (nSPS) is 21.0. The zero-order valence-corrected chi connectivity index (χ0v) is 12.4. The summed E-state index contributed by atoms with van der Waals surface area (Å²) in [4.78, 5) is 22.8. The molecule has 1 aromatic carbocycles. The number of nitro groups is 1. The van der Waals surface area contributed by atoms with Crippen LogP contribution in [0.2, 0.25) is 0 Å². The van der Waals surface area contributed by atoms with Crippen LogP contribution in [-0.2, 0) is 0 Å². The van der Waals surface area contributed by atoms with Gasteiger partial charge in [-0.2, -0.15) is 0 Å². The number of rotatable bonds is 5. The molecule has 1 amide bonds. The van der Waals surface area contributed by atoms with Crippen LogP contribution in [0.5, 0.6) is 0 Å². The Kier molecular flexibility index (Phi) is 4.77. The minimum atomic E-state index is -0.466. The lowest BCUT2D eigenvalue weighted by atomic mass is 10.1. The molecule has 2 rings (SSSR count). The van der Waals surface area contributed by atoms with E-state index in [-0.39, 0.29) is 17.6 Å². The number of anilines is 1. The second-order valence-corrected chi connectivity index (χ2v) is 5.61. The molecular formula is C15H21N3O3. The third kappa shape index (κ3) is 3.71. The number of amides is 1. The number of carbonyl (C=O) groups excluding carboxylic acids is 1. The first-order valence-electron chi connectivity index (χ1n) is 7.34. The van der Waals surface area contributed by atoms with Gasteiger partial charge in [-0.1, -0.05) is 6.92 Å². The van der Waals surface area contributed by atoms with E-state index in [4.69, 9.17) is 0 Å². The Morgan fingerprint density at radius 1 is 1.43 bits per heavy atom. The van der Waals surface area contributed by atoms with Crippen LogP contribution >= 0.6 is 0 Å². The van der Waals surface area contributed by atoms with Gasteiger partial charge in [0.2, 0.25) is 0 Å². The summed E-state index contributed by atoms with van der Waals surface area (Å²) in [6.07, 6.45) is 3.07. The minimum Gasteiger partial charge on any atom is -0.380 e. The average Bonchev–Trinajstić information content (AvgIpc) is 2.84. The summed E-state index contributed by atoms with van der Waals surface area (Å²) in [7, 11) is 0. The summed E-state index contributed by atoms with van der Waals surface area (Å²) in [6.45, 7) is 4.63. The molecular weight excluding hydrogens is 270 g/mol. The van der Waals surface area contributed by atoms with Crippen molar-refractivity contribution in [1.29, 1.82) is 0 Å². The molecule has 1 aliphatic carbocycles. The van der Waals surface area contributed by atoms with Crippen LogP contribution in [0.1, 0.15) is 43.5 Å². The van der Waals surface area contributed by atoms with E-state index in [1.54, 1.807) is 12.1 Å². The largest absolute Gasteiger partial charge is 0.380 e. The molecule has 0 aliphatic heterocycles. The smallest absolute Gasteiger partial charge is 0.293 e. The maximum absolute atomic E-state index is 12.2. The van der Waals surface area contributed by atoms with Crippen molar-refractivity contribution in [1.82, 2.24) is 5.32 Å². The fourth-order valence-electron chi connectivity index (χ4n) is 2.77. The molecule has 21 heavy (non-hydrogen) atoms. The monoisotopic (exact) mass is 291 g/mol. The van der Waals surface area contributed by atoms with Crippen molar-refractivity contribution < 1.29 is 9.72 Å². The molecule has 0 radical (unpaired) electrons. The molecule has 0 spiro atoms. The number of nitrogens with one attached hydrogen (secondary N) is 2. The Balaban J connectivity index is 2.13.